The maximum atomic E-state index is 11.9. The minimum Gasteiger partial charge on any atom is -0.447 e. The normalized spacial score (nSPS) is 16.0. The highest BCUT2D eigenvalue weighted by Gasteiger charge is 2.22. The molecule has 0 aromatic heterocycles. The first-order chi connectivity index (χ1) is 10.3. The predicted molar refractivity (Wildman–Crippen MR) is 82.0 cm³/mol. The Kier molecular flexibility index (Phi) is 6.54. The Labute approximate surface area is 127 Å². The van der Waals surface area contributed by atoms with E-state index < -0.39 is 0 Å². The molecule has 1 heterocycles. The van der Waals surface area contributed by atoms with E-state index in [4.69, 9.17) is 9.47 Å². The van der Waals surface area contributed by atoms with E-state index in [2.05, 4.69) is 6.92 Å². The van der Waals surface area contributed by atoms with Gasteiger partial charge in [0.15, 0.2) is 0 Å². The molecule has 1 aliphatic rings. The maximum Gasteiger partial charge on any atom is 0.409 e. The summed E-state index contributed by atoms with van der Waals surface area (Å²) in [6.07, 6.45) is 3.19. The van der Waals surface area contributed by atoms with Crippen molar-refractivity contribution in [2.45, 2.75) is 32.8 Å². The van der Waals surface area contributed by atoms with Crippen LogP contribution in [0.4, 0.5) is 4.79 Å². The summed E-state index contributed by atoms with van der Waals surface area (Å²) in [5.41, 5.74) is 1.13. The van der Waals surface area contributed by atoms with E-state index in [9.17, 15) is 4.79 Å². The second-order valence-corrected chi connectivity index (χ2v) is 5.49. The summed E-state index contributed by atoms with van der Waals surface area (Å²) in [6.45, 7) is 5.17. The van der Waals surface area contributed by atoms with Gasteiger partial charge in [0.05, 0.1) is 13.2 Å². The second kappa shape index (κ2) is 8.67. The molecule has 0 saturated carbocycles. The fourth-order valence-corrected chi connectivity index (χ4v) is 2.57. The molecule has 116 valence electrons. The van der Waals surface area contributed by atoms with Gasteiger partial charge in [-0.25, -0.2) is 4.79 Å². The third-order valence-electron chi connectivity index (χ3n) is 4.01. The van der Waals surface area contributed by atoms with Crippen molar-refractivity contribution in [3.05, 3.63) is 35.9 Å². The molecular weight excluding hydrogens is 266 g/mol. The van der Waals surface area contributed by atoms with Gasteiger partial charge in [-0.2, -0.15) is 0 Å². The van der Waals surface area contributed by atoms with Crippen LogP contribution in [0.1, 0.15) is 31.7 Å². The SMILES string of the molecule is CCC1CCN(C(=O)OCCOCc2ccccc2)CC1. The Morgan fingerprint density at radius 1 is 1.19 bits per heavy atom. The van der Waals surface area contributed by atoms with Gasteiger partial charge in [0.1, 0.15) is 6.61 Å². The van der Waals surface area contributed by atoms with E-state index in [1.807, 2.05) is 35.2 Å². The van der Waals surface area contributed by atoms with Crippen molar-refractivity contribution in [1.82, 2.24) is 4.90 Å². The standard InChI is InChI=1S/C17H25NO3/c1-2-15-8-10-18(11-9-15)17(19)21-13-12-20-14-16-6-4-3-5-7-16/h3-7,15H,2,8-14H2,1H3. The monoisotopic (exact) mass is 291 g/mol. The maximum absolute atomic E-state index is 11.9. The highest BCUT2D eigenvalue weighted by atomic mass is 16.6. The topological polar surface area (TPSA) is 38.8 Å². The second-order valence-electron chi connectivity index (χ2n) is 5.49. The first-order valence-electron chi connectivity index (χ1n) is 7.83. The van der Waals surface area contributed by atoms with Crippen LogP contribution in [0.25, 0.3) is 0 Å². The van der Waals surface area contributed by atoms with Crippen LogP contribution < -0.4 is 0 Å². The van der Waals surface area contributed by atoms with E-state index in [-0.39, 0.29) is 6.09 Å². The summed E-state index contributed by atoms with van der Waals surface area (Å²) in [7, 11) is 0. The lowest BCUT2D eigenvalue weighted by molar-refractivity contribution is 0.0434. The number of rotatable bonds is 6. The van der Waals surface area contributed by atoms with Gasteiger partial charge in [-0.3, -0.25) is 0 Å². The molecule has 1 saturated heterocycles. The molecule has 21 heavy (non-hydrogen) atoms. The van der Waals surface area contributed by atoms with Crippen LogP contribution >= 0.6 is 0 Å². The molecule has 0 radical (unpaired) electrons. The molecule has 1 amide bonds. The van der Waals surface area contributed by atoms with Gasteiger partial charge in [-0.1, -0.05) is 43.7 Å². The van der Waals surface area contributed by atoms with Crippen molar-refractivity contribution in [3.63, 3.8) is 0 Å². The molecule has 2 rings (SSSR count). The molecular formula is C17H25NO3. The van der Waals surface area contributed by atoms with Crippen LogP contribution in [0.15, 0.2) is 30.3 Å². The van der Waals surface area contributed by atoms with E-state index in [1.54, 1.807) is 0 Å². The summed E-state index contributed by atoms with van der Waals surface area (Å²) in [5.74, 6) is 0.767. The third-order valence-corrected chi connectivity index (χ3v) is 4.01. The number of benzene rings is 1. The van der Waals surface area contributed by atoms with Crippen LogP contribution in [-0.2, 0) is 16.1 Å². The van der Waals surface area contributed by atoms with E-state index in [0.717, 1.165) is 37.4 Å². The van der Waals surface area contributed by atoms with E-state index in [0.29, 0.717) is 19.8 Å². The molecule has 4 heteroatoms. The number of amides is 1. The van der Waals surface area contributed by atoms with Gasteiger partial charge < -0.3 is 14.4 Å². The molecule has 0 aliphatic carbocycles. The van der Waals surface area contributed by atoms with E-state index in [1.165, 1.54) is 6.42 Å². The number of hydrogen-bond acceptors (Lipinski definition) is 3. The number of nitrogens with zero attached hydrogens (tertiary/aromatic N) is 1. The fourth-order valence-electron chi connectivity index (χ4n) is 2.57. The van der Waals surface area contributed by atoms with Crippen molar-refractivity contribution >= 4 is 6.09 Å². The zero-order valence-corrected chi connectivity index (χ0v) is 12.8. The fraction of sp³-hybridized carbons (Fsp3) is 0.588. The average molecular weight is 291 g/mol. The molecule has 1 aliphatic heterocycles. The lowest BCUT2D eigenvalue weighted by atomic mass is 9.95. The number of piperidine rings is 1. The lowest BCUT2D eigenvalue weighted by Gasteiger charge is -2.30. The predicted octanol–water partition coefficient (Wildman–Crippen LogP) is 3.46. The van der Waals surface area contributed by atoms with Crippen molar-refractivity contribution in [3.8, 4) is 0 Å². The summed E-state index contributed by atoms with van der Waals surface area (Å²) in [4.78, 5) is 13.7. The zero-order chi connectivity index (χ0) is 14.9. The van der Waals surface area contributed by atoms with Gasteiger partial charge in [-0.05, 0) is 24.3 Å². The van der Waals surface area contributed by atoms with Crippen LogP contribution in [0.3, 0.4) is 0 Å². The minimum absolute atomic E-state index is 0.201. The van der Waals surface area contributed by atoms with Crippen LogP contribution in [0.5, 0.6) is 0 Å². The Balaban J connectivity index is 1.55. The highest BCUT2D eigenvalue weighted by Crippen LogP contribution is 2.20. The summed E-state index contributed by atoms with van der Waals surface area (Å²) >= 11 is 0. The average Bonchev–Trinajstić information content (AvgIpc) is 2.55. The number of likely N-dealkylation sites (tertiary alicyclic amines) is 1. The van der Waals surface area contributed by atoms with Gasteiger partial charge >= 0.3 is 6.09 Å². The molecule has 0 atom stereocenters. The lowest BCUT2D eigenvalue weighted by Crippen LogP contribution is -2.39. The van der Waals surface area contributed by atoms with Crippen LogP contribution in [0, 0.1) is 5.92 Å². The molecule has 0 unspecified atom stereocenters. The summed E-state index contributed by atoms with van der Waals surface area (Å²) < 4.78 is 10.7. The highest BCUT2D eigenvalue weighted by molar-refractivity contribution is 5.67. The molecule has 1 aromatic carbocycles. The Morgan fingerprint density at radius 2 is 1.90 bits per heavy atom. The Bertz CT molecular complexity index is 413. The molecule has 4 nitrogen and oxygen atoms in total. The molecule has 1 aromatic rings. The first kappa shape index (κ1) is 15.8. The molecule has 0 bridgehead atoms. The number of hydrogen-bond donors (Lipinski definition) is 0. The molecule has 0 N–H and O–H groups in total. The van der Waals surface area contributed by atoms with Gasteiger partial charge in [0.2, 0.25) is 0 Å². The first-order valence-corrected chi connectivity index (χ1v) is 7.83. The molecule has 0 spiro atoms. The summed E-state index contributed by atoms with van der Waals surface area (Å²) in [6, 6.07) is 9.98. The van der Waals surface area contributed by atoms with Crippen molar-refractivity contribution in [2.24, 2.45) is 5.92 Å². The quantitative estimate of drug-likeness (QED) is 0.753. The third kappa shape index (κ3) is 5.38. The Morgan fingerprint density at radius 3 is 2.57 bits per heavy atom. The molecule has 1 fully saturated rings. The van der Waals surface area contributed by atoms with Crippen molar-refractivity contribution < 1.29 is 14.3 Å². The summed E-state index contributed by atoms with van der Waals surface area (Å²) in [5, 5.41) is 0. The smallest absolute Gasteiger partial charge is 0.409 e. The van der Waals surface area contributed by atoms with Crippen molar-refractivity contribution in [1.29, 1.82) is 0 Å². The van der Waals surface area contributed by atoms with Gasteiger partial charge in [-0.15, -0.1) is 0 Å². The zero-order valence-electron chi connectivity index (χ0n) is 12.8. The van der Waals surface area contributed by atoms with Crippen LogP contribution in [0.2, 0.25) is 0 Å². The largest absolute Gasteiger partial charge is 0.447 e. The van der Waals surface area contributed by atoms with Gasteiger partial charge in [0, 0.05) is 13.1 Å². The van der Waals surface area contributed by atoms with Crippen molar-refractivity contribution in [2.75, 3.05) is 26.3 Å². The van der Waals surface area contributed by atoms with Gasteiger partial charge in [0.25, 0.3) is 0 Å². The van der Waals surface area contributed by atoms with E-state index >= 15 is 0 Å². The number of ether oxygens (including phenoxy) is 2. The number of carbonyl (C=O) groups is 1. The minimum atomic E-state index is -0.201. The number of carbonyl (C=O) groups excluding carboxylic acids is 1. The Hall–Kier alpha value is -1.55. The van der Waals surface area contributed by atoms with Crippen LogP contribution in [-0.4, -0.2) is 37.3 Å².